The van der Waals surface area contributed by atoms with Gasteiger partial charge in [0.1, 0.15) is 6.26 Å². The molecule has 8 nitrogen and oxygen atoms in total. The second kappa shape index (κ2) is 9.46. The van der Waals surface area contributed by atoms with Crippen molar-refractivity contribution in [3.8, 4) is 11.5 Å². The highest BCUT2D eigenvalue weighted by Crippen LogP contribution is 2.33. The maximum Gasteiger partial charge on any atom is 0.273 e. The average Bonchev–Trinajstić information content (AvgIpc) is 3.23. The Balaban J connectivity index is 1.17. The molecule has 0 unspecified atom stereocenters. The molecule has 0 spiro atoms. The summed E-state index contributed by atoms with van der Waals surface area (Å²) in [6.07, 6.45) is 6.78. The fraction of sp³-hybridized carbons (Fsp3) is 0.333. The fourth-order valence-electron chi connectivity index (χ4n) is 4.46. The van der Waals surface area contributed by atoms with Crippen molar-refractivity contribution in [1.29, 1.82) is 0 Å². The van der Waals surface area contributed by atoms with Crippen molar-refractivity contribution in [3.05, 3.63) is 77.6 Å². The number of hydrogen-bond acceptors (Lipinski definition) is 6. The summed E-state index contributed by atoms with van der Waals surface area (Å²) in [5.74, 6) is 2.51. The molecule has 4 aromatic rings. The van der Waals surface area contributed by atoms with Crippen LogP contribution in [0.2, 0.25) is 0 Å². The van der Waals surface area contributed by atoms with Crippen LogP contribution in [0.5, 0.6) is 11.5 Å². The third kappa shape index (κ3) is 5.02. The first kappa shape index (κ1) is 21.7. The number of fused-ring (bicyclic) bond motifs is 2. The largest absolute Gasteiger partial charge is 0.454 e. The first-order valence-corrected chi connectivity index (χ1v) is 12.1. The van der Waals surface area contributed by atoms with Crippen LogP contribution in [-0.4, -0.2) is 40.7 Å². The van der Waals surface area contributed by atoms with E-state index >= 15 is 0 Å². The molecule has 2 N–H and O–H groups in total. The van der Waals surface area contributed by atoms with Crippen molar-refractivity contribution in [2.45, 2.75) is 32.4 Å². The van der Waals surface area contributed by atoms with Gasteiger partial charge in [0.15, 0.2) is 17.2 Å². The number of nitrogens with one attached hydrogen (secondary N) is 2. The van der Waals surface area contributed by atoms with Gasteiger partial charge in [0, 0.05) is 36.7 Å². The topological polar surface area (TPSA) is 92.6 Å². The number of hydrogen-bond donors (Lipinski definition) is 2. The highest BCUT2D eigenvalue weighted by atomic mass is 16.7. The maximum atomic E-state index is 12.4. The normalized spacial score (nSPS) is 14.7. The van der Waals surface area contributed by atoms with Crippen molar-refractivity contribution < 1.29 is 18.7 Å². The van der Waals surface area contributed by atoms with E-state index < -0.39 is 0 Å². The lowest BCUT2D eigenvalue weighted by Crippen LogP contribution is -2.27. The van der Waals surface area contributed by atoms with E-state index in [0.29, 0.717) is 37.1 Å². The molecule has 2 aromatic heterocycles. The third-order valence-corrected chi connectivity index (χ3v) is 6.61. The molecule has 8 heteroatoms. The van der Waals surface area contributed by atoms with Gasteiger partial charge in [0.25, 0.3) is 5.91 Å². The summed E-state index contributed by atoms with van der Waals surface area (Å²) >= 11 is 0. The summed E-state index contributed by atoms with van der Waals surface area (Å²) in [6, 6.07) is 14.4. The second-order valence-electron chi connectivity index (χ2n) is 9.29. The molecule has 6 rings (SSSR count). The Hall–Kier alpha value is -3.78. The van der Waals surface area contributed by atoms with Crippen molar-refractivity contribution in [1.82, 2.24) is 20.2 Å². The lowest BCUT2D eigenvalue weighted by Gasteiger charge is -2.21. The zero-order valence-corrected chi connectivity index (χ0v) is 19.5. The van der Waals surface area contributed by atoms with Crippen molar-refractivity contribution >= 4 is 16.8 Å². The van der Waals surface area contributed by atoms with E-state index in [4.69, 9.17) is 13.9 Å². The molecule has 1 aliphatic carbocycles. The highest BCUT2D eigenvalue weighted by Gasteiger charge is 2.23. The fourth-order valence-corrected chi connectivity index (χ4v) is 4.46. The van der Waals surface area contributed by atoms with Crippen LogP contribution < -0.4 is 14.8 Å². The smallest absolute Gasteiger partial charge is 0.273 e. The molecule has 3 heterocycles. The Kier molecular flexibility index (Phi) is 5.88. The Morgan fingerprint density at radius 2 is 2.00 bits per heavy atom. The quantitative estimate of drug-likeness (QED) is 0.358. The van der Waals surface area contributed by atoms with Crippen LogP contribution in [-0.2, 0) is 19.5 Å². The van der Waals surface area contributed by atoms with Gasteiger partial charge in [-0.15, -0.1) is 0 Å². The van der Waals surface area contributed by atoms with Gasteiger partial charge in [-0.25, -0.2) is 4.98 Å². The van der Waals surface area contributed by atoms with Gasteiger partial charge in [-0.05, 0) is 54.5 Å². The van der Waals surface area contributed by atoms with Gasteiger partial charge in [-0.3, -0.25) is 9.69 Å². The lowest BCUT2D eigenvalue weighted by molar-refractivity contribution is 0.0946. The van der Waals surface area contributed by atoms with Gasteiger partial charge in [0.2, 0.25) is 12.7 Å². The summed E-state index contributed by atoms with van der Waals surface area (Å²) in [6.45, 7) is 2.94. The number of aromatic amines is 1. The summed E-state index contributed by atoms with van der Waals surface area (Å²) in [4.78, 5) is 22.5. The zero-order valence-electron chi connectivity index (χ0n) is 19.5. The van der Waals surface area contributed by atoms with Crippen LogP contribution in [0.25, 0.3) is 10.9 Å². The summed E-state index contributed by atoms with van der Waals surface area (Å²) in [5.41, 5.74) is 3.85. The summed E-state index contributed by atoms with van der Waals surface area (Å²) in [7, 11) is 0. The van der Waals surface area contributed by atoms with Crippen LogP contribution in [0.4, 0.5) is 0 Å². The molecule has 2 aromatic carbocycles. The number of aromatic nitrogens is 2. The van der Waals surface area contributed by atoms with Gasteiger partial charge in [-0.2, -0.15) is 0 Å². The molecule has 180 valence electrons. The van der Waals surface area contributed by atoms with Crippen molar-refractivity contribution in [2.24, 2.45) is 5.92 Å². The molecule has 1 aliphatic heterocycles. The molecule has 0 atom stereocenters. The molecule has 35 heavy (non-hydrogen) atoms. The minimum atomic E-state index is -0.173. The Bertz CT molecular complexity index is 1340. The standard InChI is InChI=1S/C27H28N4O4/c32-27(29-12-18-5-6-18)23-16-33-26(30-23)15-31(14-19-7-8-24-25(11-19)35-17-34-24)10-9-20-13-28-22-4-2-1-3-21(20)22/h1-4,7-8,11,13,16,18,28H,5-6,9-10,12,14-15,17H2,(H,29,32). The Labute approximate surface area is 203 Å². The van der Waals surface area contributed by atoms with E-state index in [9.17, 15) is 4.79 Å². The van der Waals surface area contributed by atoms with Crippen LogP contribution in [0, 0.1) is 5.92 Å². The first-order chi connectivity index (χ1) is 17.2. The monoisotopic (exact) mass is 472 g/mol. The molecule has 0 radical (unpaired) electrons. The van der Waals surface area contributed by atoms with Gasteiger partial charge in [-0.1, -0.05) is 24.3 Å². The summed E-state index contributed by atoms with van der Waals surface area (Å²) < 4.78 is 16.7. The van der Waals surface area contributed by atoms with Gasteiger partial charge < -0.3 is 24.2 Å². The zero-order chi connectivity index (χ0) is 23.6. The van der Waals surface area contributed by atoms with Crippen LogP contribution in [0.1, 0.15) is 40.3 Å². The van der Waals surface area contributed by atoms with Crippen molar-refractivity contribution in [2.75, 3.05) is 19.9 Å². The molecule has 1 amide bonds. The number of nitrogens with zero attached hydrogens (tertiary/aromatic N) is 2. The number of carbonyl (C=O) groups is 1. The second-order valence-corrected chi connectivity index (χ2v) is 9.29. The molecule has 2 aliphatic rings. The minimum Gasteiger partial charge on any atom is -0.454 e. The number of benzene rings is 2. The van der Waals surface area contributed by atoms with E-state index in [0.717, 1.165) is 35.5 Å². The number of ether oxygens (including phenoxy) is 2. The molecular weight excluding hydrogens is 444 g/mol. The lowest BCUT2D eigenvalue weighted by atomic mass is 10.1. The van der Waals surface area contributed by atoms with E-state index in [1.54, 1.807) is 0 Å². The maximum absolute atomic E-state index is 12.4. The van der Waals surface area contributed by atoms with Gasteiger partial charge in [0.05, 0.1) is 6.54 Å². The van der Waals surface area contributed by atoms with E-state index in [2.05, 4.69) is 50.6 Å². The summed E-state index contributed by atoms with van der Waals surface area (Å²) in [5, 5.41) is 4.18. The number of oxazole rings is 1. The van der Waals surface area contributed by atoms with Crippen LogP contribution in [0.3, 0.4) is 0 Å². The van der Waals surface area contributed by atoms with Crippen LogP contribution in [0.15, 0.2) is 59.3 Å². The number of para-hydroxylation sites is 1. The predicted octanol–water partition coefficient (Wildman–Crippen LogP) is 4.27. The van der Waals surface area contributed by atoms with Gasteiger partial charge >= 0.3 is 0 Å². The highest BCUT2D eigenvalue weighted by molar-refractivity contribution is 5.91. The van der Waals surface area contributed by atoms with E-state index in [1.807, 2.05) is 18.2 Å². The van der Waals surface area contributed by atoms with Crippen molar-refractivity contribution in [3.63, 3.8) is 0 Å². The third-order valence-electron chi connectivity index (χ3n) is 6.61. The predicted molar refractivity (Wildman–Crippen MR) is 130 cm³/mol. The average molecular weight is 473 g/mol. The minimum absolute atomic E-state index is 0.173. The van der Waals surface area contributed by atoms with E-state index in [-0.39, 0.29) is 12.7 Å². The number of H-pyrrole nitrogens is 1. The number of carbonyl (C=O) groups excluding carboxylic acids is 1. The number of rotatable bonds is 10. The molecule has 0 saturated heterocycles. The molecular formula is C27H28N4O4. The van der Waals surface area contributed by atoms with Crippen LogP contribution >= 0.6 is 0 Å². The number of amides is 1. The Morgan fingerprint density at radius 3 is 2.91 bits per heavy atom. The molecule has 1 saturated carbocycles. The SMILES string of the molecule is O=C(NCC1CC1)c1coc(CN(CCc2c[nH]c3ccccc23)Cc2ccc3c(c2)OCO3)n1. The Morgan fingerprint density at radius 1 is 1.11 bits per heavy atom. The first-order valence-electron chi connectivity index (χ1n) is 12.1. The molecule has 0 bridgehead atoms. The van der Waals surface area contributed by atoms with E-state index in [1.165, 1.54) is 30.1 Å². The molecule has 1 fully saturated rings.